The molecule has 24 heavy (non-hydrogen) atoms. The summed E-state index contributed by atoms with van der Waals surface area (Å²) >= 11 is 5.97. The van der Waals surface area contributed by atoms with Crippen LogP contribution in [0.2, 0.25) is 5.28 Å². The van der Waals surface area contributed by atoms with Crippen molar-refractivity contribution in [3.63, 3.8) is 0 Å². The number of nitrogens with one attached hydrogen (secondary N) is 1. The van der Waals surface area contributed by atoms with Gasteiger partial charge in [-0.2, -0.15) is 15.2 Å². The lowest BCUT2D eigenvalue weighted by atomic mass is 10.1. The fourth-order valence-electron chi connectivity index (χ4n) is 2.51. The minimum Gasteiger partial charge on any atom is -0.436 e. The summed E-state index contributed by atoms with van der Waals surface area (Å²) in [5.41, 5.74) is 3.84. The second kappa shape index (κ2) is 6.30. The lowest BCUT2D eigenvalue weighted by molar-refractivity contribution is 0.460. The molecule has 0 radical (unpaired) electrons. The predicted octanol–water partition coefficient (Wildman–Crippen LogP) is 4.26. The van der Waals surface area contributed by atoms with Crippen molar-refractivity contribution in [3.05, 3.63) is 46.0 Å². The summed E-state index contributed by atoms with van der Waals surface area (Å²) in [7, 11) is 0. The monoisotopic (exact) mass is 339 g/mol. The van der Waals surface area contributed by atoms with Crippen LogP contribution in [-0.4, -0.2) is 19.9 Å². The molecule has 0 saturated heterocycles. The molecule has 0 spiro atoms. The Labute approximate surface area is 143 Å². The maximum Gasteiger partial charge on any atom is 0.250 e. The van der Waals surface area contributed by atoms with Crippen LogP contribution in [0.1, 0.15) is 22.5 Å². The minimum atomic E-state index is 0.0767. The van der Waals surface area contributed by atoms with Crippen molar-refractivity contribution in [1.29, 1.82) is 5.26 Å². The summed E-state index contributed by atoms with van der Waals surface area (Å²) in [5, 5.41) is 8.72. The Morgan fingerprint density at radius 1 is 1.17 bits per heavy atom. The van der Waals surface area contributed by atoms with Gasteiger partial charge in [0.1, 0.15) is 17.1 Å². The van der Waals surface area contributed by atoms with Gasteiger partial charge in [-0.25, -0.2) is 4.98 Å². The van der Waals surface area contributed by atoms with Gasteiger partial charge >= 0.3 is 0 Å². The third-order valence-electron chi connectivity index (χ3n) is 3.44. The Hall–Kier alpha value is -2.91. The van der Waals surface area contributed by atoms with Crippen molar-refractivity contribution in [2.24, 2.45) is 0 Å². The van der Waals surface area contributed by atoms with Gasteiger partial charge in [0.2, 0.25) is 11.2 Å². The van der Waals surface area contributed by atoms with Crippen molar-refractivity contribution in [2.75, 3.05) is 0 Å². The van der Waals surface area contributed by atoms with Gasteiger partial charge in [0, 0.05) is 6.08 Å². The summed E-state index contributed by atoms with van der Waals surface area (Å²) in [4.78, 5) is 15.6. The van der Waals surface area contributed by atoms with E-state index in [1.807, 2.05) is 39.0 Å². The molecule has 0 amide bonds. The highest BCUT2D eigenvalue weighted by molar-refractivity contribution is 6.28. The van der Waals surface area contributed by atoms with Gasteiger partial charge in [0.25, 0.3) is 0 Å². The van der Waals surface area contributed by atoms with E-state index < -0.39 is 0 Å². The number of H-pyrrole nitrogens is 1. The highest BCUT2D eigenvalue weighted by Crippen LogP contribution is 2.32. The van der Waals surface area contributed by atoms with Crippen molar-refractivity contribution in [2.45, 2.75) is 20.8 Å². The van der Waals surface area contributed by atoms with Gasteiger partial charge < -0.3 is 9.72 Å². The number of aryl methyl sites for hydroxylation is 3. The quantitative estimate of drug-likeness (QED) is 0.569. The maximum atomic E-state index is 8.65. The molecule has 0 bridgehead atoms. The number of imidazole rings is 1. The summed E-state index contributed by atoms with van der Waals surface area (Å²) in [6.07, 6.45) is 3.19. The normalized spacial score (nSPS) is 11.1. The van der Waals surface area contributed by atoms with Gasteiger partial charge in [0.05, 0.1) is 6.07 Å². The summed E-state index contributed by atoms with van der Waals surface area (Å²) in [6, 6.07) is 5.86. The molecule has 0 aliphatic carbocycles. The average Bonchev–Trinajstić information content (AvgIpc) is 2.88. The number of ether oxygens (including phenoxy) is 1. The molecule has 0 aliphatic heterocycles. The van der Waals surface area contributed by atoms with Crippen LogP contribution in [-0.2, 0) is 0 Å². The maximum absolute atomic E-state index is 8.65. The van der Waals surface area contributed by atoms with Crippen LogP contribution in [0.25, 0.3) is 17.2 Å². The lowest BCUT2D eigenvalue weighted by Crippen LogP contribution is -1.97. The molecule has 1 aromatic carbocycles. The number of allylic oxidation sites excluding steroid dienone is 1. The molecular formula is C17H14ClN5O. The van der Waals surface area contributed by atoms with Crippen molar-refractivity contribution >= 4 is 28.8 Å². The van der Waals surface area contributed by atoms with Crippen LogP contribution in [0.15, 0.2) is 18.2 Å². The van der Waals surface area contributed by atoms with E-state index in [2.05, 4.69) is 19.9 Å². The average molecular weight is 340 g/mol. The number of nitriles is 1. The molecule has 2 heterocycles. The highest BCUT2D eigenvalue weighted by Gasteiger charge is 2.15. The fourth-order valence-corrected chi connectivity index (χ4v) is 2.66. The van der Waals surface area contributed by atoms with Crippen LogP contribution in [0.3, 0.4) is 0 Å². The predicted molar refractivity (Wildman–Crippen MR) is 92.1 cm³/mol. The number of hydrogen-bond donors (Lipinski definition) is 1. The minimum absolute atomic E-state index is 0.0767. The number of rotatable bonds is 3. The first-order valence-electron chi connectivity index (χ1n) is 7.23. The molecule has 0 unspecified atom stereocenters. The zero-order valence-electron chi connectivity index (χ0n) is 13.4. The van der Waals surface area contributed by atoms with Gasteiger partial charge in [-0.15, -0.1) is 0 Å². The van der Waals surface area contributed by atoms with Gasteiger partial charge in [-0.3, -0.25) is 0 Å². The molecule has 0 saturated carbocycles. The highest BCUT2D eigenvalue weighted by atomic mass is 35.5. The topological polar surface area (TPSA) is 87.5 Å². The number of benzene rings is 1. The zero-order chi connectivity index (χ0) is 17.3. The molecule has 0 fully saturated rings. The number of aromatic amines is 1. The number of halogens is 1. The first-order valence-corrected chi connectivity index (χ1v) is 7.61. The summed E-state index contributed by atoms with van der Waals surface area (Å²) in [6.45, 7) is 5.70. The lowest BCUT2D eigenvalue weighted by Gasteiger charge is -2.12. The van der Waals surface area contributed by atoms with Crippen LogP contribution in [0, 0.1) is 32.1 Å². The molecule has 3 rings (SSSR count). The van der Waals surface area contributed by atoms with E-state index >= 15 is 0 Å². The molecule has 3 aromatic rings. The van der Waals surface area contributed by atoms with E-state index in [-0.39, 0.29) is 5.28 Å². The van der Waals surface area contributed by atoms with Gasteiger partial charge in [-0.1, -0.05) is 0 Å². The Morgan fingerprint density at radius 2 is 1.88 bits per heavy atom. The van der Waals surface area contributed by atoms with E-state index in [0.29, 0.717) is 28.6 Å². The Balaban J connectivity index is 2.06. The van der Waals surface area contributed by atoms with E-state index in [1.54, 1.807) is 6.08 Å². The summed E-state index contributed by atoms with van der Waals surface area (Å²) in [5.74, 6) is 1.72. The molecule has 2 aromatic heterocycles. The van der Waals surface area contributed by atoms with Crippen LogP contribution in [0.5, 0.6) is 11.6 Å². The first-order chi connectivity index (χ1) is 11.5. The van der Waals surface area contributed by atoms with Crippen molar-refractivity contribution in [3.8, 4) is 17.7 Å². The Morgan fingerprint density at radius 3 is 2.54 bits per heavy atom. The van der Waals surface area contributed by atoms with E-state index in [9.17, 15) is 0 Å². The molecule has 120 valence electrons. The zero-order valence-corrected chi connectivity index (χ0v) is 14.1. The number of aromatic nitrogens is 4. The van der Waals surface area contributed by atoms with Crippen molar-refractivity contribution < 1.29 is 4.74 Å². The smallest absolute Gasteiger partial charge is 0.250 e. The standard InChI is InChI=1S/C17H14ClN5O/c1-9-7-12(5-4-6-19)8-10(2)14(9)24-16-13-15(21-11(3)20-13)22-17(18)23-16/h4-5,7-8H,1-3H3,(H,20,21,22,23)/b5-4+. The number of hydrogen-bond acceptors (Lipinski definition) is 5. The van der Waals surface area contributed by atoms with Gasteiger partial charge in [0.15, 0.2) is 5.65 Å². The van der Waals surface area contributed by atoms with Gasteiger partial charge in [-0.05, 0) is 67.3 Å². The fraction of sp³-hybridized carbons (Fsp3) is 0.176. The SMILES string of the molecule is Cc1nc2nc(Cl)nc(Oc3c(C)cc(/C=C/C#N)cc3C)c2[nH]1. The molecule has 0 aliphatic rings. The Kier molecular flexibility index (Phi) is 4.19. The third kappa shape index (κ3) is 3.07. The molecule has 1 N–H and O–H groups in total. The number of nitrogens with zero attached hydrogens (tertiary/aromatic N) is 4. The van der Waals surface area contributed by atoms with E-state index in [1.165, 1.54) is 6.08 Å². The third-order valence-corrected chi connectivity index (χ3v) is 3.61. The van der Waals surface area contributed by atoms with Crippen LogP contribution >= 0.6 is 11.6 Å². The van der Waals surface area contributed by atoms with Crippen molar-refractivity contribution in [1.82, 2.24) is 19.9 Å². The molecular weight excluding hydrogens is 326 g/mol. The molecule has 0 atom stereocenters. The second-order valence-electron chi connectivity index (χ2n) is 5.37. The van der Waals surface area contributed by atoms with E-state index in [0.717, 1.165) is 16.7 Å². The van der Waals surface area contributed by atoms with Crippen LogP contribution in [0.4, 0.5) is 0 Å². The largest absolute Gasteiger partial charge is 0.436 e. The van der Waals surface area contributed by atoms with Crippen LogP contribution < -0.4 is 4.74 Å². The number of fused-ring (bicyclic) bond motifs is 1. The molecule has 6 nitrogen and oxygen atoms in total. The second-order valence-corrected chi connectivity index (χ2v) is 5.70. The summed E-state index contributed by atoms with van der Waals surface area (Å²) < 4.78 is 6.01. The molecule has 7 heteroatoms. The Bertz CT molecular complexity index is 977. The van der Waals surface area contributed by atoms with E-state index in [4.69, 9.17) is 21.6 Å². The first kappa shape index (κ1) is 16.0.